The number of aromatic nitrogens is 5. The number of anilines is 1. The Morgan fingerprint density at radius 1 is 1.19 bits per heavy atom. The van der Waals surface area contributed by atoms with Crippen molar-refractivity contribution in [1.29, 1.82) is 0 Å². The Morgan fingerprint density at radius 3 is 2.87 bits per heavy atom. The van der Waals surface area contributed by atoms with Gasteiger partial charge in [-0.1, -0.05) is 41.9 Å². The van der Waals surface area contributed by atoms with E-state index >= 15 is 0 Å². The average Bonchev–Trinajstić information content (AvgIpc) is 3.38. The van der Waals surface area contributed by atoms with Crippen LogP contribution in [0.25, 0.3) is 22.4 Å². The van der Waals surface area contributed by atoms with Crippen LogP contribution in [0.4, 0.5) is 5.82 Å². The highest BCUT2D eigenvalue weighted by Gasteiger charge is 2.19. The number of pyridine rings is 1. The van der Waals surface area contributed by atoms with Gasteiger partial charge >= 0.3 is 0 Å². The number of nitrogen functional groups attached to an aromatic ring is 1. The van der Waals surface area contributed by atoms with Crippen LogP contribution in [0.1, 0.15) is 15.9 Å². The molecule has 0 bridgehead atoms. The van der Waals surface area contributed by atoms with E-state index in [0.717, 1.165) is 22.3 Å². The topological polar surface area (TPSA) is 103 Å². The van der Waals surface area contributed by atoms with E-state index in [-0.39, 0.29) is 17.3 Å². The fraction of sp³-hybridized carbons (Fsp3) is 0.0909. The van der Waals surface area contributed by atoms with Crippen molar-refractivity contribution in [2.24, 2.45) is 0 Å². The van der Waals surface area contributed by atoms with E-state index in [1.165, 1.54) is 4.52 Å². The van der Waals surface area contributed by atoms with Gasteiger partial charge in [-0.2, -0.15) is 0 Å². The van der Waals surface area contributed by atoms with Crippen LogP contribution in [0.2, 0.25) is 5.02 Å². The molecule has 4 heterocycles. The average molecular weight is 432 g/mol. The smallest absolute Gasteiger partial charge is 0.258 e. The van der Waals surface area contributed by atoms with Crippen LogP contribution in [-0.2, 0) is 6.42 Å². The Labute approximate surface area is 182 Å². The molecule has 9 heteroatoms. The van der Waals surface area contributed by atoms with Crippen molar-refractivity contribution in [2.45, 2.75) is 6.42 Å². The molecule has 4 aromatic heterocycles. The molecule has 0 aliphatic carbocycles. The van der Waals surface area contributed by atoms with Gasteiger partial charge < -0.3 is 11.1 Å². The fourth-order valence-electron chi connectivity index (χ4n) is 3.73. The van der Waals surface area contributed by atoms with E-state index in [4.69, 9.17) is 17.3 Å². The van der Waals surface area contributed by atoms with Crippen molar-refractivity contribution in [3.05, 3.63) is 83.5 Å². The van der Waals surface area contributed by atoms with Crippen LogP contribution in [0, 0.1) is 0 Å². The van der Waals surface area contributed by atoms with Crippen LogP contribution >= 0.6 is 11.6 Å². The molecule has 5 rings (SSSR count). The summed E-state index contributed by atoms with van der Waals surface area (Å²) in [5, 5.41) is 7.67. The highest BCUT2D eigenvalue weighted by molar-refractivity contribution is 6.34. The number of hydrogen-bond donors (Lipinski definition) is 2. The standard InChI is InChI=1S/C22H18ClN7O/c23-16-11-15(19(14-5-2-1-3-6-14)29-13-25-12-17(16)29)7-9-27-22(31)18-20(24)28-30-10-4-8-26-21(18)30/h1-6,8,10-13H,7,9H2,(H2,24,28)(H,27,31). The van der Waals surface area contributed by atoms with Crippen LogP contribution in [-0.4, -0.2) is 36.4 Å². The minimum Gasteiger partial charge on any atom is -0.381 e. The zero-order valence-electron chi connectivity index (χ0n) is 16.4. The van der Waals surface area contributed by atoms with Gasteiger partial charge in [0.15, 0.2) is 11.5 Å². The first-order chi connectivity index (χ1) is 15.1. The third kappa shape index (κ3) is 3.36. The molecule has 0 spiro atoms. The summed E-state index contributed by atoms with van der Waals surface area (Å²) in [4.78, 5) is 21.3. The van der Waals surface area contributed by atoms with E-state index < -0.39 is 0 Å². The number of halogens is 1. The molecule has 1 amide bonds. The molecular formula is C22H18ClN7O. The predicted molar refractivity (Wildman–Crippen MR) is 119 cm³/mol. The molecule has 8 nitrogen and oxygen atoms in total. The SMILES string of the molecule is Nc1nn2cccnc2c1C(=O)NCCc1cc(Cl)c2cncn2c1-c1ccccc1. The maximum absolute atomic E-state index is 12.8. The molecule has 0 aliphatic rings. The number of carbonyl (C=O) groups is 1. The first-order valence-corrected chi connectivity index (χ1v) is 10.1. The lowest BCUT2D eigenvalue weighted by atomic mass is 10.0. The van der Waals surface area contributed by atoms with Gasteiger partial charge in [-0.3, -0.25) is 9.20 Å². The van der Waals surface area contributed by atoms with Gasteiger partial charge in [0.2, 0.25) is 0 Å². The third-order valence-electron chi connectivity index (χ3n) is 5.11. The van der Waals surface area contributed by atoms with Gasteiger partial charge in [0, 0.05) is 18.9 Å². The van der Waals surface area contributed by atoms with Gasteiger partial charge in [0.25, 0.3) is 5.91 Å². The lowest BCUT2D eigenvalue weighted by Gasteiger charge is -2.14. The molecule has 3 N–H and O–H groups in total. The zero-order valence-corrected chi connectivity index (χ0v) is 17.1. The number of nitrogens with zero attached hydrogens (tertiary/aromatic N) is 5. The summed E-state index contributed by atoms with van der Waals surface area (Å²) in [6, 6.07) is 13.7. The normalized spacial score (nSPS) is 11.3. The molecule has 0 saturated carbocycles. The van der Waals surface area contributed by atoms with Crippen molar-refractivity contribution >= 4 is 34.5 Å². The van der Waals surface area contributed by atoms with Crippen LogP contribution in [0.15, 0.2) is 67.4 Å². The molecule has 0 radical (unpaired) electrons. The molecule has 0 saturated heterocycles. The number of fused-ring (bicyclic) bond motifs is 2. The Hall–Kier alpha value is -3.91. The number of benzene rings is 1. The molecule has 0 aliphatic heterocycles. The van der Waals surface area contributed by atoms with Crippen molar-refractivity contribution in [2.75, 3.05) is 12.3 Å². The number of nitrogens with two attached hydrogens (primary N) is 1. The minimum absolute atomic E-state index is 0.143. The second kappa shape index (κ2) is 7.73. The first-order valence-electron chi connectivity index (χ1n) is 9.69. The Bertz CT molecular complexity index is 1410. The lowest BCUT2D eigenvalue weighted by molar-refractivity contribution is 0.0956. The lowest BCUT2D eigenvalue weighted by Crippen LogP contribution is -2.26. The van der Waals surface area contributed by atoms with Crippen LogP contribution < -0.4 is 11.1 Å². The molecule has 154 valence electrons. The van der Waals surface area contributed by atoms with Crippen molar-refractivity contribution < 1.29 is 4.79 Å². The minimum atomic E-state index is -0.317. The molecular weight excluding hydrogens is 414 g/mol. The summed E-state index contributed by atoms with van der Waals surface area (Å²) in [5.41, 5.74) is 10.5. The van der Waals surface area contributed by atoms with Crippen molar-refractivity contribution in [1.82, 2.24) is 29.3 Å². The van der Waals surface area contributed by atoms with Gasteiger partial charge in [-0.25, -0.2) is 14.5 Å². The summed E-state index contributed by atoms with van der Waals surface area (Å²) >= 11 is 6.49. The molecule has 5 aromatic rings. The monoisotopic (exact) mass is 431 g/mol. The zero-order chi connectivity index (χ0) is 21.4. The van der Waals surface area contributed by atoms with Crippen molar-refractivity contribution in [3.63, 3.8) is 0 Å². The molecule has 31 heavy (non-hydrogen) atoms. The van der Waals surface area contributed by atoms with Gasteiger partial charge in [-0.05, 0) is 29.7 Å². The quantitative estimate of drug-likeness (QED) is 0.444. The largest absolute Gasteiger partial charge is 0.381 e. The number of rotatable bonds is 5. The van der Waals surface area contributed by atoms with Crippen molar-refractivity contribution in [3.8, 4) is 11.3 Å². The second-order valence-corrected chi connectivity index (χ2v) is 7.44. The van der Waals surface area contributed by atoms with Crippen LogP contribution in [0.3, 0.4) is 0 Å². The maximum Gasteiger partial charge on any atom is 0.258 e. The highest BCUT2D eigenvalue weighted by atomic mass is 35.5. The van der Waals surface area contributed by atoms with E-state index in [2.05, 4.69) is 20.4 Å². The van der Waals surface area contributed by atoms with Gasteiger partial charge in [0.05, 0.1) is 28.8 Å². The summed E-state index contributed by atoms with van der Waals surface area (Å²) in [7, 11) is 0. The summed E-state index contributed by atoms with van der Waals surface area (Å²) in [6.45, 7) is 0.388. The Morgan fingerprint density at radius 2 is 2.03 bits per heavy atom. The summed E-state index contributed by atoms with van der Waals surface area (Å²) in [6.07, 6.45) is 7.35. The van der Waals surface area contributed by atoms with Crippen LogP contribution in [0.5, 0.6) is 0 Å². The predicted octanol–water partition coefficient (Wildman–Crippen LogP) is 3.25. The number of amides is 1. The van der Waals surface area contributed by atoms with E-state index in [1.807, 2.05) is 40.8 Å². The highest BCUT2D eigenvalue weighted by Crippen LogP contribution is 2.30. The Kier molecular flexibility index (Phi) is 4.76. The molecule has 0 atom stereocenters. The summed E-state index contributed by atoms with van der Waals surface area (Å²) < 4.78 is 3.46. The molecule has 0 unspecified atom stereocenters. The molecule has 0 fully saturated rings. The fourth-order valence-corrected chi connectivity index (χ4v) is 4.00. The van der Waals surface area contributed by atoms with E-state index in [0.29, 0.717) is 23.6 Å². The number of hydrogen-bond acceptors (Lipinski definition) is 5. The Balaban J connectivity index is 1.44. The van der Waals surface area contributed by atoms with E-state index in [1.54, 1.807) is 31.0 Å². The third-order valence-corrected chi connectivity index (χ3v) is 5.41. The van der Waals surface area contributed by atoms with E-state index in [9.17, 15) is 4.79 Å². The number of carbonyl (C=O) groups excluding carboxylic acids is 1. The maximum atomic E-state index is 12.8. The second-order valence-electron chi connectivity index (χ2n) is 7.04. The summed E-state index contributed by atoms with van der Waals surface area (Å²) in [5.74, 6) is -0.175. The van der Waals surface area contributed by atoms with Gasteiger partial charge in [0.1, 0.15) is 5.56 Å². The molecule has 1 aromatic carbocycles. The van der Waals surface area contributed by atoms with Gasteiger partial charge in [-0.15, -0.1) is 5.10 Å². The number of nitrogens with one attached hydrogen (secondary N) is 1. The first kappa shape index (κ1) is 19.1. The number of imidazole rings is 1.